The average Bonchev–Trinajstić information content (AvgIpc) is 2.56. The van der Waals surface area contributed by atoms with Crippen LogP contribution in [0.15, 0.2) is 24.4 Å². The molecule has 0 aliphatic carbocycles. The van der Waals surface area contributed by atoms with E-state index in [0.29, 0.717) is 0 Å². The molecule has 0 radical (unpaired) electrons. The molecule has 0 fully saturated rings. The van der Waals surface area contributed by atoms with Crippen molar-refractivity contribution in [2.24, 2.45) is 0 Å². The first kappa shape index (κ1) is 10.8. The number of rotatable bonds is 0. The van der Waals surface area contributed by atoms with Crippen LogP contribution < -0.4 is 0 Å². The minimum Gasteiger partial charge on any atom is -0.342 e. The van der Waals surface area contributed by atoms with E-state index < -0.39 is 0 Å². The van der Waals surface area contributed by atoms with E-state index in [-0.39, 0.29) is 16.8 Å². The second-order valence-corrected chi connectivity index (χ2v) is 6.45. The van der Waals surface area contributed by atoms with Gasteiger partial charge in [-0.25, -0.2) is 4.39 Å². The normalized spacial score (nSPS) is 20.8. The Morgan fingerprint density at radius 1 is 1.18 bits per heavy atom. The predicted molar refractivity (Wildman–Crippen MR) is 68.9 cm³/mol. The van der Waals surface area contributed by atoms with E-state index >= 15 is 0 Å². The van der Waals surface area contributed by atoms with Gasteiger partial charge in [-0.15, -0.1) is 0 Å². The van der Waals surface area contributed by atoms with Crippen molar-refractivity contribution < 1.29 is 4.39 Å². The Morgan fingerprint density at radius 3 is 2.59 bits per heavy atom. The summed E-state index contributed by atoms with van der Waals surface area (Å²) in [5.41, 5.74) is 2.46. The van der Waals surface area contributed by atoms with E-state index in [2.05, 4.69) is 38.5 Å². The zero-order valence-corrected chi connectivity index (χ0v) is 10.8. The summed E-state index contributed by atoms with van der Waals surface area (Å²) in [6.07, 6.45) is 3.11. The Labute approximate surface area is 101 Å². The Balaban J connectivity index is 2.48. The molecule has 0 amide bonds. The van der Waals surface area contributed by atoms with Gasteiger partial charge in [0.1, 0.15) is 5.82 Å². The fourth-order valence-electron chi connectivity index (χ4n) is 3.53. The van der Waals surface area contributed by atoms with E-state index in [1.807, 2.05) is 6.07 Å². The van der Waals surface area contributed by atoms with Crippen molar-refractivity contribution >= 4 is 10.9 Å². The van der Waals surface area contributed by atoms with Gasteiger partial charge in [0.15, 0.2) is 0 Å². The first-order valence-electron chi connectivity index (χ1n) is 6.13. The van der Waals surface area contributed by atoms with Crippen LogP contribution in [0.3, 0.4) is 0 Å². The molecule has 0 bridgehead atoms. The number of nitrogens with zero attached hydrogens (tertiary/aromatic N) is 1. The van der Waals surface area contributed by atoms with Gasteiger partial charge in [0.05, 0.1) is 5.52 Å². The van der Waals surface area contributed by atoms with Gasteiger partial charge in [-0.2, -0.15) is 0 Å². The molecule has 1 aromatic heterocycles. The van der Waals surface area contributed by atoms with Gasteiger partial charge in [0.25, 0.3) is 0 Å². The molecule has 0 spiro atoms. The minimum atomic E-state index is -0.127. The first-order valence-corrected chi connectivity index (χ1v) is 6.13. The Kier molecular flexibility index (Phi) is 1.86. The summed E-state index contributed by atoms with van der Waals surface area (Å²) in [4.78, 5) is 0. The molecule has 0 unspecified atom stereocenters. The molecule has 0 N–H and O–H groups in total. The van der Waals surface area contributed by atoms with Crippen LogP contribution in [0.2, 0.25) is 0 Å². The summed E-state index contributed by atoms with van der Waals surface area (Å²) in [5, 5.41) is 1.01. The van der Waals surface area contributed by atoms with Crippen LogP contribution >= 0.6 is 0 Å². The molecule has 1 nitrogen and oxygen atoms in total. The second-order valence-electron chi connectivity index (χ2n) is 6.45. The molecule has 1 aromatic carbocycles. The summed E-state index contributed by atoms with van der Waals surface area (Å²) in [6.45, 7) is 8.92. The fraction of sp³-hybridized carbons (Fsp3) is 0.467. The summed E-state index contributed by atoms with van der Waals surface area (Å²) in [6, 6.07) is 5.35. The van der Waals surface area contributed by atoms with Gasteiger partial charge in [-0.05, 0) is 49.4 Å². The highest BCUT2D eigenvalue weighted by Gasteiger charge is 2.38. The lowest BCUT2D eigenvalue weighted by Crippen LogP contribution is -2.39. The molecule has 1 aliphatic heterocycles. The third-order valence-corrected chi connectivity index (χ3v) is 4.00. The minimum absolute atomic E-state index is 0.0260. The van der Waals surface area contributed by atoms with Gasteiger partial charge in [0, 0.05) is 17.1 Å². The SMILES string of the molecule is CC1(C)CC(C)(C)n2ccc3cc(F)cc1c32. The van der Waals surface area contributed by atoms with Crippen LogP contribution in [0, 0.1) is 5.82 Å². The molecule has 1 aliphatic rings. The standard InChI is InChI=1S/C15H18FN/c1-14(2)9-15(3,4)17-6-5-10-7-11(16)8-12(14)13(10)17/h5-8H,9H2,1-4H3. The van der Waals surface area contributed by atoms with Gasteiger partial charge in [-0.3, -0.25) is 0 Å². The second kappa shape index (κ2) is 2.92. The molecule has 0 saturated heterocycles. The smallest absolute Gasteiger partial charge is 0.124 e. The number of hydrogen-bond acceptors (Lipinski definition) is 0. The van der Waals surface area contributed by atoms with E-state index in [0.717, 1.165) is 17.4 Å². The van der Waals surface area contributed by atoms with Crippen molar-refractivity contribution in [2.75, 3.05) is 0 Å². The van der Waals surface area contributed by atoms with Gasteiger partial charge in [0.2, 0.25) is 0 Å². The number of aromatic nitrogens is 1. The number of halogens is 1. The van der Waals surface area contributed by atoms with Crippen molar-refractivity contribution in [3.63, 3.8) is 0 Å². The van der Waals surface area contributed by atoms with Crippen LogP contribution in [0.5, 0.6) is 0 Å². The van der Waals surface area contributed by atoms with Crippen molar-refractivity contribution in [3.05, 3.63) is 35.8 Å². The monoisotopic (exact) mass is 231 g/mol. The van der Waals surface area contributed by atoms with E-state index in [1.54, 1.807) is 12.1 Å². The van der Waals surface area contributed by atoms with Crippen molar-refractivity contribution in [2.45, 2.75) is 45.1 Å². The molecule has 0 saturated carbocycles. The van der Waals surface area contributed by atoms with E-state index in [4.69, 9.17) is 0 Å². The van der Waals surface area contributed by atoms with Crippen LogP contribution in [0.25, 0.3) is 10.9 Å². The number of benzene rings is 1. The zero-order valence-electron chi connectivity index (χ0n) is 10.8. The lowest BCUT2D eigenvalue weighted by molar-refractivity contribution is 0.247. The Morgan fingerprint density at radius 2 is 1.88 bits per heavy atom. The van der Waals surface area contributed by atoms with Crippen molar-refractivity contribution in [1.82, 2.24) is 4.57 Å². The predicted octanol–water partition coefficient (Wildman–Crippen LogP) is 4.20. The van der Waals surface area contributed by atoms with Gasteiger partial charge < -0.3 is 4.57 Å². The summed E-state index contributed by atoms with van der Waals surface area (Å²) < 4.78 is 15.9. The lowest BCUT2D eigenvalue weighted by atomic mass is 9.72. The maximum atomic E-state index is 13.6. The topological polar surface area (TPSA) is 4.93 Å². The summed E-state index contributed by atoms with van der Waals surface area (Å²) in [5.74, 6) is -0.127. The number of hydrogen-bond donors (Lipinski definition) is 0. The highest BCUT2D eigenvalue weighted by Crippen LogP contribution is 2.45. The molecule has 90 valence electrons. The third kappa shape index (κ3) is 1.36. The Bertz CT molecular complexity index is 605. The van der Waals surface area contributed by atoms with Crippen molar-refractivity contribution in [3.8, 4) is 0 Å². The lowest BCUT2D eigenvalue weighted by Gasteiger charge is -2.42. The average molecular weight is 231 g/mol. The van der Waals surface area contributed by atoms with Gasteiger partial charge >= 0.3 is 0 Å². The highest BCUT2D eigenvalue weighted by molar-refractivity contribution is 5.85. The maximum Gasteiger partial charge on any atom is 0.124 e. The zero-order chi connectivity index (χ0) is 12.4. The molecule has 2 aromatic rings. The molecule has 17 heavy (non-hydrogen) atoms. The first-order chi connectivity index (χ1) is 7.81. The third-order valence-electron chi connectivity index (χ3n) is 4.00. The van der Waals surface area contributed by atoms with E-state index in [9.17, 15) is 4.39 Å². The molecular weight excluding hydrogens is 213 g/mol. The molecule has 2 heterocycles. The maximum absolute atomic E-state index is 13.6. The van der Waals surface area contributed by atoms with Crippen LogP contribution in [0.4, 0.5) is 4.39 Å². The van der Waals surface area contributed by atoms with E-state index in [1.165, 1.54) is 5.52 Å². The molecular formula is C15H18FN. The summed E-state index contributed by atoms with van der Waals surface area (Å²) in [7, 11) is 0. The Hall–Kier alpha value is -1.31. The highest BCUT2D eigenvalue weighted by atomic mass is 19.1. The quantitative estimate of drug-likeness (QED) is 0.640. The molecule has 2 heteroatoms. The van der Waals surface area contributed by atoms with Crippen LogP contribution in [-0.2, 0) is 11.0 Å². The largest absolute Gasteiger partial charge is 0.342 e. The summed E-state index contributed by atoms with van der Waals surface area (Å²) >= 11 is 0. The molecule has 0 atom stereocenters. The van der Waals surface area contributed by atoms with Gasteiger partial charge in [-0.1, -0.05) is 13.8 Å². The van der Waals surface area contributed by atoms with Crippen LogP contribution in [0.1, 0.15) is 39.7 Å². The van der Waals surface area contributed by atoms with Crippen molar-refractivity contribution in [1.29, 1.82) is 0 Å². The van der Waals surface area contributed by atoms with Crippen LogP contribution in [-0.4, -0.2) is 4.57 Å². The molecule has 3 rings (SSSR count). The fourth-order valence-corrected chi connectivity index (χ4v) is 3.53.